The van der Waals surface area contributed by atoms with Gasteiger partial charge in [0.1, 0.15) is 17.9 Å². The number of halogens is 1. The molecule has 0 radical (unpaired) electrons. The maximum Gasteiger partial charge on any atom is 0.228 e. The van der Waals surface area contributed by atoms with Gasteiger partial charge in [-0.2, -0.15) is 9.78 Å². The van der Waals surface area contributed by atoms with E-state index in [0.29, 0.717) is 17.3 Å². The fraction of sp³-hybridized carbons (Fsp3) is 0.227. The minimum atomic E-state index is -0.286. The second-order valence-electron chi connectivity index (χ2n) is 6.94. The molecule has 0 saturated carbocycles. The number of fused-ring (bicyclic) bond motifs is 3. The lowest BCUT2D eigenvalue weighted by Gasteiger charge is -2.14. The Labute approximate surface area is 161 Å². The van der Waals surface area contributed by atoms with E-state index in [1.165, 1.54) is 11.6 Å². The number of aryl methyl sites for hydroxylation is 2. The first-order valence-electron chi connectivity index (χ1n) is 9.48. The Balaban J connectivity index is 1.64. The van der Waals surface area contributed by atoms with Gasteiger partial charge in [0, 0.05) is 29.2 Å². The molecule has 0 spiro atoms. The second-order valence-corrected chi connectivity index (χ2v) is 6.94. The third-order valence-corrected chi connectivity index (χ3v) is 5.14. The van der Waals surface area contributed by atoms with Crippen LogP contribution in [-0.4, -0.2) is 19.7 Å². The molecule has 6 heteroatoms. The van der Waals surface area contributed by atoms with Gasteiger partial charge in [0.2, 0.25) is 5.88 Å². The molecule has 28 heavy (non-hydrogen) atoms. The van der Waals surface area contributed by atoms with Crippen molar-refractivity contribution in [3.63, 3.8) is 0 Å². The van der Waals surface area contributed by atoms with E-state index >= 15 is 0 Å². The summed E-state index contributed by atoms with van der Waals surface area (Å²) in [6.45, 7) is 0.109. The summed E-state index contributed by atoms with van der Waals surface area (Å²) in [5.41, 5.74) is 3.70. The average Bonchev–Trinajstić information content (AvgIpc) is 3.13. The number of rotatable bonds is 4. The highest BCUT2D eigenvalue weighted by Crippen LogP contribution is 2.34. The third-order valence-electron chi connectivity index (χ3n) is 5.14. The fourth-order valence-corrected chi connectivity index (χ4v) is 3.72. The normalized spacial score (nSPS) is 13.5. The molecule has 1 aliphatic rings. The molecule has 0 unspecified atom stereocenters. The summed E-state index contributed by atoms with van der Waals surface area (Å²) in [6.07, 6.45) is 7.77. The number of pyridine rings is 2. The van der Waals surface area contributed by atoms with Crippen molar-refractivity contribution in [2.24, 2.45) is 0 Å². The number of hydrogen-bond acceptors (Lipinski definition) is 4. The number of hydrogen-bond donors (Lipinski definition) is 0. The van der Waals surface area contributed by atoms with E-state index < -0.39 is 0 Å². The highest BCUT2D eigenvalue weighted by molar-refractivity contribution is 5.87. The van der Waals surface area contributed by atoms with E-state index in [9.17, 15) is 4.39 Å². The maximum atomic E-state index is 14.1. The average molecular weight is 374 g/mol. The molecule has 0 bridgehead atoms. The van der Waals surface area contributed by atoms with Crippen LogP contribution in [0.15, 0.2) is 54.9 Å². The van der Waals surface area contributed by atoms with Crippen molar-refractivity contribution >= 4 is 10.9 Å². The smallest absolute Gasteiger partial charge is 0.228 e. The summed E-state index contributed by atoms with van der Waals surface area (Å²) in [7, 11) is 0. The van der Waals surface area contributed by atoms with Gasteiger partial charge >= 0.3 is 0 Å². The lowest BCUT2D eigenvalue weighted by molar-refractivity contribution is 0.282. The van der Waals surface area contributed by atoms with E-state index in [1.807, 2.05) is 24.4 Å². The first-order chi connectivity index (χ1) is 13.8. The fourth-order valence-electron chi connectivity index (χ4n) is 3.72. The van der Waals surface area contributed by atoms with Gasteiger partial charge in [0.05, 0.1) is 5.39 Å². The molecular weight excluding hydrogens is 355 g/mol. The number of ether oxygens (including phenoxy) is 1. The van der Waals surface area contributed by atoms with Crippen LogP contribution in [0.1, 0.15) is 29.7 Å². The lowest BCUT2D eigenvalue weighted by Crippen LogP contribution is -2.06. The van der Waals surface area contributed by atoms with Gasteiger partial charge in [-0.15, -0.1) is 0 Å². The molecule has 140 valence electrons. The zero-order valence-corrected chi connectivity index (χ0v) is 15.3. The Morgan fingerprint density at radius 3 is 2.71 bits per heavy atom. The van der Waals surface area contributed by atoms with Crippen LogP contribution in [0.4, 0.5) is 4.39 Å². The van der Waals surface area contributed by atoms with Crippen molar-refractivity contribution in [2.75, 3.05) is 0 Å². The molecule has 3 heterocycles. The van der Waals surface area contributed by atoms with E-state index in [-0.39, 0.29) is 12.4 Å². The molecule has 0 N–H and O–H groups in total. The summed E-state index contributed by atoms with van der Waals surface area (Å²) in [6, 6.07) is 12.3. The van der Waals surface area contributed by atoms with Crippen LogP contribution in [0.3, 0.4) is 0 Å². The molecule has 0 atom stereocenters. The molecule has 1 aromatic carbocycles. The predicted octanol–water partition coefficient (Wildman–Crippen LogP) is 4.41. The van der Waals surface area contributed by atoms with Crippen molar-refractivity contribution in [3.05, 3.63) is 77.5 Å². The van der Waals surface area contributed by atoms with Crippen LogP contribution in [-0.2, 0) is 19.4 Å². The first kappa shape index (κ1) is 16.9. The summed E-state index contributed by atoms with van der Waals surface area (Å²) < 4.78 is 21.8. The van der Waals surface area contributed by atoms with Crippen LogP contribution in [0, 0.1) is 5.82 Å². The van der Waals surface area contributed by atoms with Gasteiger partial charge < -0.3 is 4.74 Å². The molecule has 0 aliphatic heterocycles. The zero-order valence-electron chi connectivity index (χ0n) is 15.3. The molecule has 0 amide bonds. The molecule has 5 nitrogen and oxygen atoms in total. The van der Waals surface area contributed by atoms with Crippen molar-refractivity contribution < 1.29 is 9.13 Å². The van der Waals surface area contributed by atoms with Gasteiger partial charge in [0.15, 0.2) is 5.82 Å². The molecule has 3 aromatic heterocycles. The standard InChI is InChI=1S/C22H19FN4O/c23-18-9-3-1-7-15(18)14-28-22-17-13-25-19-10-4-2-8-16(19)21(17)26-27(22)20-11-5-6-12-24-20/h1,3,5-7,9,11-13H,2,4,8,10,14H2. The van der Waals surface area contributed by atoms with Crippen LogP contribution >= 0.6 is 0 Å². The SMILES string of the molecule is Fc1ccccc1COc1c2cnc3c(c2nn1-c1ccccn1)CCCC3. The highest BCUT2D eigenvalue weighted by atomic mass is 19.1. The Morgan fingerprint density at radius 2 is 1.86 bits per heavy atom. The number of benzene rings is 1. The Hall–Kier alpha value is -3.28. The van der Waals surface area contributed by atoms with Gasteiger partial charge in [-0.25, -0.2) is 9.37 Å². The van der Waals surface area contributed by atoms with Crippen LogP contribution in [0.25, 0.3) is 16.7 Å². The van der Waals surface area contributed by atoms with Crippen LogP contribution in [0.2, 0.25) is 0 Å². The summed E-state index contributed by atoms with van der Waals surface area (Å²) in [4.78, 5) is 9.08. The van der Waals surface area contributed by atoms with Gasteiger partial charge in [0.25, 0.3) is 0 Å². The largest absolute Gasteiger partial charge is 0.472 e. The molecule has 0 saturated heterocycles. The minimum absolute atomic E-state index is 0.109. The Morgan fingerprint density at radius 1 is 1.00 bits per heavy atom. The number of nitrogens with zero attached hydrogens (tertiary/aromatic N) is 4. The van der Waals surface area contributed by atoms with Crippen molar-refractivity contribution in [1.29, 1.82) is 0 Å². The van der Waals surface area contributed by atoms with E-state index in [4.69, 9.17) is 9.84 Å². The quantitative estimate of drug-likeness (QED) is 0.531. The lowest BCUT2D eigenvalue weighted by atomic mass is 9.95. The van der Waals surface area contributed by atoms with Crippen molar-refractivity contribution in [1.82, 2.24) is 19.7 Å². The highest BCUT2D eigenvalue weighted by Gasteiger charge is 2.22. The second kappa shape index (κ2) is 7.03. The molecule has 0 fully saturated rings. The molecule has 1 aliphatic carbocycles. The predicted molar refractivity (Wildman–Crippen MR) is 104 cm³/mol. The first-order valence-corrected chi connectivity index (χ1v) is 9.48. The Kier molecular flexibility index (Phi) is 4.24. The molecule has 5 rings (SSSR count). The van der Waals surface area contributed by atoms with E-state index in [2.05, 4.69) is 9.97 Å². The van der Waals surface area contributed by atoms with E-state index in [0.717, 1.165) is 42.3 Å². The van der Waals surface area contributed by atoms with Gasteiger partial charge in [-0.3, -0.25) is 4.98 Å². The van der Waals surface area contributed by atoms with E-state index in [1.54, 1.807) is 29.1 Å². The van der Waals surface area contributed by atoms with Crippen LogP contribution in [0.5, 0.6) is 5.88 Å². The number of aromatic nitrogens is 4. The zero-order chi connectivity index (χ0) is 18.9. The van der Waals surface area contributed by atoms with Gasteiger partial charge in [-0.05, 0) is 43.9 Å². The molecule has 4 aromatic rings. The monoisotopic (exact) mass is 374 g/mol. The minimum Gasteiger partial charge on any atom is -0.472 e. The maximum absolute atomic E-state index is 14.1. The van der Waals surface area contributed by atoms with Crippen molar-refractivity contribution in [3.8, 4) is 11.7 Å². The summed E-state index contributed by atoms with van der Waals surface area (Å²) >= 11 is 0. The molecular formula is C22H19FN4O. The summed E-state index contributed by atoms with van der Waals surface area (Å²) in [5.74, 6) is 0.913. The van der Waals surface area contributed by atoms with Crippen molar-refractivity contribution in [2.45, 2.75) is 32.3 Å². The topological polar surface area (TPSA) is 52.8 Å². The Bertz CT molecular complexity index is 1140. The van der Waals surface area contributed by atoms with Crippen LogP contribution < -0.4 is 4.74 Å². The summed E-state index contributed by atoms with van der Waals surface area (Å²) in [5, 5.41) is 5.66. The van der Waals surface area contributed by atoms with Gasteiger partial charge in [-0.1, -0.05) is 24.3 Å². The third kappa shape index (κ3) is 2.91.